The van der Waals surface area contributed by atoms with Crippen LogP contribution in [0.25, 0.3) is 0 Å². The third kappa shape index (κ3) is 3.98. The maximum Gasteiger partial charge on any atom is 0.321 e. The standard InChI is InChI=1S/C13H20N2O2/c1-3-9-15(10-4-2)13(17)14-11-7-5-6-8-12(11)16/h5-8,16H,3-4,9-10H2,1-2H3,(H,14,17). The number of carbonyl (C=O) groups excluding carboxylic acids is 1. The molecule has 0 aliphatic rings. The summed E-state index contributed by atoms with van der Waals surface area (Å²) in [6, 6.07) is 6.58. The number of urea groups is 1. The Hall–Kier alpha value is -1.71. The summed E-state index contributed by atoms with van der Waals surface area (Å²) >= 11 is 0. The molecule has 4 nitrogen and oxygen atoms in total. The van der Waals surface area contributed by atoms with E-state index in [1.54, 1.807) is 29.2 Å². The molecule has 1 rings (SSSR count). The smallest absolute Gasteiger partial charge is 0.321 e. The molecule has 17 heavy (non-hydrogen) atoms. The summed E-state index contributed by atoms with van der Waals surface area (Å²) in [4.78, 5) is 13.7. The largest absolute Gasteiger partial charge is 0.506 e. The number of nitrogens with one attached hydrogen (secondary N) is 1. The Kier molecular flexibility index (Phi) is 5.33. The lowest BCUT2D eigenvalue weighted by Gasteiger charge is -2.22. The molecule has 0 saturated carbocycles. The number of phenols is 1. The van der Waals surface area contributed by atoms with E-state index in [0.717, 1.165) is 25.9 Å². The molecule has 2 N–H and O–H groups in total. The number of nitrogens with zero attached hydrogens (tertiary/aromatic N) is 1. The molecule has 0 spiro atoms. The lowest BCUT2D eigenvalue weighted by molar-refractivity contribution is 0.211. The van der Waals surface area contributed by atoms with Crippen LogP contribution in [0.2, 0.25) is 0 Å². The van der Waals surface area contributed by atoms with Gasteiger partial charge in [-0.1, -0.05) is 26.0 Å². The van der Waals surface area contributed by atoms with Gasteiger partial charge in [-0.25, -0.2) is 4.79 Å². The van der Waals surface area contributed by atoms with Crippen molar-refractivity contribution in [3.63, 3.8) is 0 Å². The number of anilines is 1. The van der Waals surface area contributed by atoms with Crippen LogP contribution >= 0.6 is 0 Å². The molecule has 0 fully saturated rings. The van der Waals surface area contributed by atoms with E-state index < -0.39 is 0 Å². The van der Waals surface area contributed by atoms with Gasteiger partial charge in [-0.3, -0.25) is 0 Å². The van der Waals surface area contributed by atoms with Gasteiger partial charge in [0.1, 0.15) is 5.75 Å². The first-order valence-corrected chi connectivity index (χ1v) is 6.03. The third-order valence-electron chi connectivity index (χ3n) is 2.42. The molecule has 4 heteroatoms. The number of amides is 2. The highest BCUT2D eigenvalue weighted by Gasteiger charge is 2.12. The topological polar surface area (TPSA) is 52.6 Å². The first-order chi connectivity index (χ1) is 8.19. The minimum atomic E-state index is -0.157. The van der Waals surface area contributed by atoms with E-state index in [2.05, 4.69) is 5.32 Å². The maximum atomic E-state index is 11.9. The molecule has 0 heterocycles. The second kappa shape index (κ2) is 6.78. The van der Waals surface area contributed by atoms with Crippen molar-refractivity contribution in [1.29, 1.82) is 0 Å². The van der Waals surface area contributed by atoms with Crippen molar-refractivity contribution in [3.05, 3.63) is 24.3 Å². The number of phenolic OH excluding ortho intramolecular Hbond substituents is 1. The Morgan fingerprint density at radius 3 is 2.35 bits per heavy atom. The lowest BCUT2D eigenvalue weighted by atomic mass is 10.3. The molecule has 0 aliphatic heterocycles. The molecule has 1 aromatic rings. The second-order valence-corrected chi connectivity index (χ2v) is 3.93. The molecular weight excluding hydrogens is 216 g/mol. The van der Waals surface area contributed by atoms with E-state index >= 15 is 0 Å². The fourth-order valence-corrected chi connectivity index (χ4v) is 1.63. The van der Waals surface area contributed by atoms with E-state index in [-0.39, 0.29) is 11.8 Å². The minimum Gasteiger partial charge on any atom is -0.506 e. The van der Waals surface area contributed by atoms with Gasteiger partial charge < -0.3 is 15.3 Å². The summed E-state index contributed by atoms with van der Waals surface area (Å²) in [6.45, 7) is 5.53. The van der Waals surface area contributed by atoms with E-state index in [4.69, 9.17) is 0 Å². The Morgan fingerprint density at radius 1 is 1.24 bits per heavy atom. The fourth-order valence-electron chi connectivity index (χ4n) is 1.63. The predicted molar refractivity (Wildman–Crippen MR) is 69.3 cm³/mol. The van der Waals surface area contributed by atoms with Crippen molar-refractivity contribution >= 4 is 11.7 Å². The summed E-state index contributed by atoms with van der Waals surface area (Å²) in [5.74, 6) is 0.0915. The van der Waals surface area contributed by atoms with Gasteiger partial charge in [0.15, 0.2) is 0 Å². The molecule has 1 aromatic carbocycles. The molecule has 0 radical (unpaired) electrons. The third-order valence-corrected chi connectivity index (χ3v) is 2.42. The van der Waals surface area contributed by atoms with Crippen molar-refractivity contribution in [2.24, 2.45) is 0 Å². The number of aromatic hydroxyl groups is 1. The zero-order valence-electron chi connectivity index (χ0n) is 10.4. The van der Waals surface area contributed by atoms with Gasteiger partial charge in [0.2, 0.25) is 0 Å². The molecule has 0 aromatic heterocycles. The zero-order valence-corrected chi connectivity index (χ0v) is 10.4. The highest BCUT2D eigenvalue weighted by Crippen LogP contribution is 2.21. The summed E-state index contributed by atoms with van der Waals surface area (Å²) in [5.41, 5.74) is 0.453. The number of para-hydroxylation sites is 2. The van der Waals surface area contributed by atoms with Crippen LogP contribution in [-0.2, 0) is 0 Å². The van der Waals surface area contributed by atoms with Crippen molar-refractivity contribution in [2.75, 3.05) is 18.4 Å². The van der Waals surface area contributed by atoms with E-state index in [0.29, 0.717) is 5.69 Å². The number of benzene rings is 1. The number of rotatable bonds is 5. The molecule has 94 valence electrons. The second-order valence-electron chi connectivity index (χ2n) is 3.93. The van der Waals surface area contributed by atoms with Crippen LogP contribution in [0.1, 0.15) is 26.7 Å². The quantitative estimate of drug-likeness (QED) is 0.772. The highest BCUT2D eigenvalue weighted by molar-refractivity contribution is 5.90. The van der Waals surface area contributed by atoms with Gasteiger partial charge in [0.05, 0.1) is 5.69 Å². The van der Waals surface area contributed by atoms with Crippen LogP contribution in [0, 0.1) is 0 Å². The Morgan fingerprint density at radius 2 is 1.82 bits per heavy atom. The first-order valence-electron chi connectivity index (χ1n) is 6.03. The lowest BCUT2D eigenvalue weighted by Crippen LogP contribution is -2.36. The van der Waals surface area contributed by atoms with Crippen molar-refractivity contribution in [2.45, 2.75) is 26.7 Å². The van der Waals surface area contributed by atoms with Crippen LogP contribution in [0.3, 0.4) is 0 Å². The number of hydrogen-bond donors (Lipinski definition) is 2. The number of hydrogen-bond acceptors (Lipinski definition) is 2. The normalized spacial score (nSPS) is 10.0. The maximum absolute atomic E-state index is 11.9. The Balaban J connectivity index is 2.66. The average Bonchev–Trinajstić information content (AvgIpc) is 2.32. The summed E-state index contributed by atoms with van der Waals surface area (Å²) < 4.78 is 0. The average molecular weight is 236 g/mol. The van der Waals surface area contributed by atoms with Crippen LogP contribution in [0.5, 0.6) is 5.75 Å². The monoisotopic (exact) mass is 236 g/mol. The Bertz CT molecular complexity index is 360. The number of carbonyl (C=O) groups is 1. The van der Waals surface area contributed by atoms with Crippen LogP contribution in [0.4, 0.5) is 10.5 Å². The molecule has 0 atom stereocenters. The molecule has 0 aliphatic carbocycles. The van der Waals surface area contributed by atoms with Gasteiger partial charge in [-0.2, -0.15) is 0 Å². The summed E-state index contributed by atoms with van der Waals surface area (Å²) in [7, 11) is 0. The zero-order chi connectivity index (χ0) is 12.7. The van der Waals surface area contributed by atoms with E-state index in [1.165, 1.54) is 0 Å². The van der Waals surface area contributed by atoms with E-state index in [1.807, 2.05) is 13.8 Å². The fraction of sp³-hybridized carbons (Fsp3) is 0.462. The van der Waals surface area contributed by atoms with Gasteiger partial charge in [-0.15, -0.1) is 0 Å². The SMILES string of the molecule is CCCN(CCC)C(=O)Nc1ccccc1O. The van der Waals surface area contributed by atoms with Crippen LogP contribution < -0.4 is 5.32 Å². The van der Waals surface area contributed by atoms with Crippen LogP contribution in [0.15, 0.2) is 24.3 Å². The summed E-state index contributed by atoms with van der Waals surface area (Å²) in [5, 5.41) is 12.3. The van der Waals surface area contributed by atoms with Gasteiger partial charge >= 0.3 is 6.03 Å². The van der Waals surface area contributed by atoms with Crippen molar-refractivity contribution < 1.29 is 9.90 Å². The van der Waals surface area contributed by atoms with Gasteiger partial charge in [-0.05, 0) is 25.0 Å². The molecular formula is C13H20N2O2. The summed E-state index contributed by atoms with van der Waals surface area (Å²) in [6.07, 6.45) is 1.85. The van der Waals surface area contributed by atoms with Gasteiger partial charge in [0.25, 0.3) is 0 Å². The van der Waals surface area contributed by atoms with Crippen molar-refractivity contribution in [1.82, 2.24) is 4.90 Å². The molecule has 2 amide bonds. The predicted octanol–water partition coefficient (Wildman–Crippen LogP) is 3.05. The van der Waals surface area contributed by atoms with Gasteiger partial charge in [0, 0.05) is 13.1 Å². The first kappa shape index (κ1) is 13.4. The highest BCUT2D eigenvalue weighted by atomic mass is 16.3. The molecule has 0 unspecified atom stereocenters. The minimum absolute atomic E-state index is 0.0915. The van der Waals surface area contributed by atoms with E-state index in [9.17, 15) is 9.90 Å². The van der Waals surface area contributed by atoms with Crippen molar-refractivity contribution in [3.8, 4) is 5.75 Å². The van der Waals surface area contributed by atoms with Crippen LogP contribution in [-0.4, -0.2) is 29.1 Å². The molecule has 0 bridgehead atoms. The Labute approximate surface area is 102 Å². The molecule has 0 saturated heterocycles.